The summed E-state index contributed by atoms with van der Waals surface area (Å²) in [6, 6.07) is 5.65. The number of nitrogen functional groups attached to an aromatic ring is 1. The van der Waals surface area contributed by atoms with Gasteiger partial charge in [0.1, 0.15) is 11.6 Å². The molecule has 1 fully saturated rings. The summed E-state index contributed by atoms with van der Waals surface area (Å²) in [6.45, 7) is 1.82. The highest BCUT2D eigenvalue weighted by molar-refractivity contribution is 5.74. The van der Waals surface area contributed by atoms with Crippen molar-refractivity contribution < 1.29 is 4.79 Å². The first kappa shape index (κ1) is 11.7. The van der Waals surface area contributed by atoms with E-state index in [9.17, 15) is 4.79 Å². The molecule has 1 aromatic rings. The first-order valence-corrected chi connectivity index (χ1v) is 5.91. The second kappa shape index (κ2) is 5.03. The molecule has 5 nitrogen and oxygen atoms in total. The highest BCUT2D eigenvalue weighted by Gasteiger charge is 2.21. The summed E-state index contributed by atoms with van der Waals surface area (Å²) in [7, 11) is 0. The Bertz CT molecular complexity index is 399. The van der Waals surface area contributed by atoms with E-state index in [1.807, 2.05) is 12.1 Å². The zero-order chi connectivity index (χ0) is 12.3. The fourth-order valence-electron chi connectivity index (χ4n) is 2.27. The van der Waals surface area contributed by atoms with Crippen LogP contribution in [-0.4, -0.2) is 24.0 Å². The van der Waals surface area contributed by atoms with E-state index in [2.05, 4.69) is 9.88 Å². The van der Waals surface area contributed by atoms with Crippen LogP contribution in [0.2, 0.25) is 0 Å². The molecule has 0 unspecified atom stereocenters. The SMILES string of the molecule is NC(=O)CC1CCN(c2cccc(N)n2)CC1. The summed E-state index contributed by atoms with van der Waals surface area (Å²) < 4.78 is 0. The number of aromatic nitrogens is 1. The lowest BCUT2D eigenvalue weighted by Crippen LogP contribution is -2.35. The molecule has 0 saturated carbocycles. The molecule has 0 radical (unpaired) electrons. The number of rotatable bonds is 3. The Balaban J connectivity index is 1.93. The van der Waals surface area contributed by atoms with Crippen LogP contribution in [-0.2, 0) is 4.79 Å². The minimum absolute atomic E-state index is 0.203. The first-order chi connectivity index (χ1) is 8.15. The van der Waals surface area contributed by atoms with Gasteiger partial charge in [0.2, 0.25) is 5.91 Å². The van der Waals surface area contributed by atoms with Crippen molar-refractivity contribution in [3.8, 4) is 0 Å². The fraction of sp³-hybridized carbons (Fsp3) is 0.500. The molecule has 1 aliphatic heterocycles. The Morgan fingerprint density at radius 1 is 1.41 bits per heavy atom. The van der Waals surface area contributed by atoms with Crippen molar-refractivity contribution in [3.63, 3.8) is 0 Å². The highest BCUT2D eigenvalue weighted by atomic mass is 16.1. The number of primary amides is 1. The van der Waals surface area contributed by atoms with Crippen LogP contribution >= 0.6 is 0 Å². The molecule has 1 aliphatic rings. The number of pyridine rings is 1. The molecular weight excluding hydrogens is 216 g/mol. The predicted octanol–water partition coefficient (Wildman–Crippen LogP) is 0.756. The average molecular weight is 234 g/mol. The standard InChI is InChI=1S/C12H18N4O/c13-10-2-1-3-12(15-10)16-6-4-9(5-7-16)8-11(14)17/h1-3,9H,4-8H2,(H2,13,15)(H2,14,17). The summed E-state index contributed by atoms with van der Waals surface area (Å²) >= 11 is 0. The van der Waals surface area contributed by atoms with Crippen molar-refractivity contribution in [2.45, 2.75) is 19.3 Å². The molecule has 1 saturated heterocycles. The molecule has 0 spiro atoms. The maximum atomic E-state index is 10.8. The minimum atomic E-state index is -0.203. The van der Waals surface area contributed by atoms with Crippen molar-refractivity contribution >= 4 is 17.5 Å². The summed E-state index contributed by atoms with van der Waals surface area (Å²) in [5.74, 6) is 1.68. The number of amides is 1. The van der Waals surface area contributed by atoms with Crippen LogP contribution < -0.4 is 16.4 Å². The van der Waals surface area contributed by atoms with Crippen LogP contribution in [0.25, 0.3) is 0 Å². The van der Waals surface area contributed by atoms with E-state index in [1.54, 1.807) is 6.07 Å². The summed E-state index contributed by atoms with van der Waals surface area (Å²) in [5.41, 5.74) is 10.9. The number of nitrogens with zero attached hydrogens (tertiary/aromatic N) is 2. The molecule has 2 heterocycles. The quantitative estimate of drug-likeness (QED) is 0.808. The molecule has 0 aliphatic carbocycles. The van der Waals surface area contributed by atoms with Crippen LogP contribution in [0, 0.1) is 5.92 Å². The zero-order valence-electron chi connectivity index (χ0n) is 9.80. The van der Waals surface area contributed by atoms with Gasteiger partial charge in [-0.3, -0.25) is 4.79 Å². The largest absolute Gasteiger partial charge is 0.384 e. The van der Waals surface area contributed by atoms with Crippen LogP contribution in [0.4, 0.5) is 11.6 Å². The Kier molecular flexibility index (Phi) is 3.46. The fourth-order valence-corrected chi connectivity index (χ4v) is 2.27. The highest BCUT2D eigenvalue weighted by Crippen LogP contribution is 2.24. The molecule has 92 valence electrons. The lowest BCUT2D eigenvalue weighted by molar-refractivity contribution is -0.119. The Morgan fingerprint density at radius 3 is 2.71 bits per heavy atom. The number of carbonyl (C=O) groups is 1. The number of anilines is 2. The summed E-state index contributed by atoms with van der Waals surface area (Å²) in [4.78, 5) is 17.3. The smallest absolute Gasteiger partial charge is 0.217 e. The maximum absolute atomic E-state index is 10.8. The Labute approximate surface area is 101 Å². The van der Waals surface area contributed by atoms with E-state index in [-0.39, 0.29) is 5.91 Å². The molecule has 0 atom stereocenters. The van der Waals surface area contributed by atoms with Crippen molar-refractivity contribution in [1.82, 2.24) is 4.98 Å². The maximum Gasteiger partial charge on any atom is 0.217 e. The van der Waals surface area contributed by atoms with Crippen molar-refractivity contribution in [2.24, 2.45) is 11.7 Å². The van der Waals surface area contributed by atoms with Gasteiger partial charge in [0.25, 0.3) is 0 Å². The van der Waals surface area contributed by atoms with Crippen LogP contribution in [0.3, 0.4) is 0 Å². The predicted molar refractivity (Wildman–Crippen MR) is 67.4 cm³/mol. The van der Waals surface area contributed by atoms with E-state index in [0.29, 0.717) is 18.2 Å². The molecule has 1 amide bonds. The third kappa shape index (κ3) is 3.09. The van der Waals surface area contributed by atoms with Gasteiger partial charge in [-0.05, 0) is 30.9 Å². The third-order valence-electron chi connectivity index (χ3n) is 3.18. The molecule has 4 N–H and O–H groups in total. The van der Waals surface area contributed by atoms with Gasteiger partial charge in [0.05, 0.1) is 0 Å². The second-order valence-corrected chi connectivity index (χ2v) is 4.52. The lowest BCUT2D eigenvalue weighted by Gasteiger charge is -2.32. The van der Waals surface area contributed by atoms with Gasteiger partial charge >= 0.3 is 0 Å². The van der Waals surface area contributed by atoms with Crippen molar-refractivity contribution in [2.75, 3.05) is 23.7 Å². The van der Waals surface area contributed by atoms with Gasteiger partial charge in [0.15, 0.2) is 0 Å². The van der Waals surface area contributed by atoms with Gasteiger partial charge in [-0.15, -0.1) is 0 Å². The lowest BCUT2D eigenvalue weighted by atomic mass is 9.93. The van der Waals surface area contributed by atoms with Crippen LogP contribution in [0.5, 0.6) is 0 Å². The monoisotopic (exact) mass is 234 g/mol. The third-order valence-corrected chi connectivity index (χ3v) is 3.18. The van der Waals surface area contributed by atoms with E-state index in [0.717, 1.165) is 31.7 Å². The number of hydrogen-bond donors (Lipinski definition) is 2. The number of carbonyl (C=O) groups excluding carboxylic acids is 1. The van der Waals surface area contributed by atoms with Crippen LogP contribution in [0.15, 0.2) is 18.2 Å². The van der Waals surface area contributed by atoms with E-state index in [1.165, 1.54) is 0 Å². The molecular formula is C12H18N4O. The van der Waals surface area contributed by atoms with Gasteiger partial charge < -0.3 is 16.4 Å². The van der Waals surface area contributed by atoms with E-state index >= 15 is 0 Å². The number of nitrogens with two attached hydrogens (primary N) is 2. The van der Waals surface area contributed by atoms with Crippen LogP contribution in [0.1, 0.15) is 19.3 Å². The number of hydrogen-bond acceptors (Lipinski definition) is 4. The van der Waals surface area contributed by atoms with E-state index in [4.69, 9.17) is 11.5 Å². The summed E-state index contributed by atoms with van der Waals surface area (Å²) in [5, 5.41) is 0. The van der Waals surface area contributed by atoms with Crippen molar-refractivity contribution in [3.05, 3.63) is 18.2 Å². The van der Waals surface area contributed by atoms with E-state index < -0.39 is 0 Å². The van der Waals surface area contributed by atoms with Gasteiger partial charge in [-0.2, -0.15) is 0 Å². The molecule has 0 aromatic carbocycles. The number of piperidine rings is 1. The molecule has 1 aromatic heterocycles. The average Bonchev–Trinajstić information content (AvgIpc) is 2.29. The Hall–Kier alpha value is -1.78. The molecule has 5 heteroatoms. The first-order valence-electron chi connectivity index (χ1n) is 5.91. The Morgan fingerprint density at radius 2 is 2.12 bits per heavy atom. The molecule has 17 heavy (non-hydrogen) atoms. The molecule has 2 rings (SSSR count). The normalized spacial score (nSPS) is 17.1. The molecule has 0 bridgehead atoms. The topological polar surface area (TPSA) is 85.2 Å². The zero-order valence-corrected chi connectivity index (χ0v) is 9.80. The van der Waals surface area contributed by atoms with Gasteiger partial charge in [0, 0.05) is 19.5 Å². The minimum Gasteiger partial charge on any atom is -0.384 e. The van der Waals surface area contributed by atoms with Gasteiger partial charge in [-0.25, -0.2) is 4.98 Å². The van der Waals surface area contributed by atoms with Gasteiger partial charge in [-0.1, -0.05) is 6.07 Å². The summed E-state index contributed by atoms with van der Waals surface area (Å²) in [6.07, 6.45) is 2.47. The second-order valence-electron chi connectivity index (χ2n) is 4.52. The van der Waals surface area contributed by atoms with Crippen molar-refractivity contribution in [1.29, 1.82) is 0 Å².